The average molecular weight is 388 g/mol. The van der Waals surface area contributed by atoms with Crippen LogP contribution in [-0.4, -0.2) is 23.8 Å². The van der Waals surface area contributed by atoms with Crippen LogP contribution < -0.4 is 4.74 Å². The van der Waals surface area contributed by atoms with Crippen LogP contribution >= 0.6 is 0 Å². The lowest BCUT2D eigenvalue weighted by Gasteiger charge is -2.12. The second kappa shape index (κ2) is 7.62. The highest BCUT2D eigenvalue weighted by molar-refractivity contribution is 6.09. The molecular weight excluding hydrogens is 368 g/mol. The van der Waals surface area contributed by atoms with Crippen molar-refractivity contribution in [3.8, 4) is 5.75 Å². The zero-order valence-electron chi connectivity index (χ0n) is 16.0. The van der Waals surface area contributed by atoms with Gasteiger partial charge in [-0.1, -0.05) is 30.3 Å². The Hall–Kier alpha value is -3.29. The van der Waals surface area contributed by atoms with E-state index in [0.29, 0.717) is 13.2 Å². The lowest BCUT2D eigenvalue weighted by atomic mass is 10.0. The third-order valence-corrected chi connectivity index (χ3v) is 4.99. The number of pyridine rings is 1. The monoisotopic (exact) mass is 388 g/mol. The fourth-order valence-corrected chi connectivity index (χ4v) is 3.67. The number of rotatable bonds is 6. The molecule has 146 valence electrons. The summed E-state index contributed by atoms with van der Waals surface area (Å²) in [4.78, 5) is 8.01. The fraction of sp³-hybridized carbons (Fsp3) is 0.227. The molecule has 2 aromatic heterocycles. The summed E-state index contributed by atoms with van der Waals surface area (Å²) in [5.41, 5.74) is 4.75. The van der Waals surface area contributed by atoms with Gasteiger partial charge in [-0.3, -0.25) is 4.98 Å². The highest BCUT2D eigenvalue weighted by atomic mass is 16.5. The maximum absolute atomic E-state index is 6.03. The second-order valence-electron chi connectivity index (χ2n) is 6.86. The van der Waals surface area contributed by atoms with Crippen LogP contribution in [0.1, 0.15) is 23.0 Å². The van der Waals surface area contributed by atoms with Crippen molar-refractivity contribution in [3.05, 3.63) is 71.5 Å². The Morgan fingerprint density at radius 1 is 1.10 bits per heavy atom. The van der Waals surface area contributed by atoms with Gasteiger partial charge in [0.25, 0.3) is 0 Å². The Labute approximate surface area is 167 Å². The van der Waals surface area contributed by atoms with Gasteiger partial charge in [-0.25, -0.2) is 0 Å². The van der Waals surface area contributed by atoms with Crippen LogP contribution in [0.5, 0.6) is 5.75 Å². The van der Waals surface area contributed by atoms with Gasteiger partial charge < -0.3 is 19.2 Å². The molecule has 4 aromatic rings. The van der Waals surface area contributed by atoms with E-state index in [1.807, 2.05) is 36.5 Å². The number of azo groups is 1. The summed E-state index contributed by atoms with van der Waals surface area (Å²) < 4.78 is 17.1. The number of aromatic amines is 1. The Morgan fingerprint density at radius 2 is 2.00 bits per heavy atom. The molecule has 0 amide bonds. The number of hydrogen-bond donors (Lipinski definition) is 1. The zero-order valence-corrected chi connectivity index (χ0v) is 16.0. The molecule has 29 heavy (non-hydrogen) atoms. The number of nitrogens with one attached hydrogen (secondary N) is 1. The lowest BCUT2D eigenvalue weighted by molar-refractivity contribution is 0.0951. The van der Waals surface area contributed by atoms with E-state index in [4.69, 9.17) is 14.2 Å². The average Bonchev–Trinajstić information content (AvgIpc) is 3.41. The van der Waals surface area contributed by atoms with Crippen molar-refractivity contribution in [2.45, 2.75) is 19.4 Å². The summed E-state index contributed by atoms with van der Waals surface area (Å²) in [5, 5.41) is 10.2. The minimum Gasteiger partial charge on any atom is -0.489 e. The van der Waals surface area contributed by atoms with Crippen molar-refractivity contribution in [2.75, 3.05) is 13.8 Å². The Kier molecular flexibility index (Phi) is 4.67. The SMILES string of the molecule is COCc1c(C2N=NCO2)ncc2[nH]c3ccc(OCc4ccccc4)cc3c12. The number of nitrogens with zero attached hydrogens (tertiary/aromatic N) is 3. The van der Waals surface area contributed by atoms with Gasteiger partial charge in [-0.15, -0.1) is 0 Å². The van der Waals surface area contributed by atoms with Crippen LogP contribution in [0.2, 0.25) is 0 Å². The molecule has 1 unspecified atom stereocenters. The molecule has 1 aliphatic heterocycles. The molecule has 0 fully saturated rings. The first-order chi connectivity index (χ1) is 14.3. The Morgan fingerprint density at radius 3 is 2.79 bits per heavy atom. The van der Waals surface area contributed by atoms with E-state index in [1.54, 1.807) is 7.11 Å². The van der Waals surface area contributed by atoms with Crippen LogP contribution in [0.3, 0.4) is 0 Å². The van der Waals surface area contributed by atoms with E-state index in [0.717, 1.165) is 44.4 Å². The molecule has 5 rings (SSSR count). The second-order valence-corrected chi connectivity index (χ2v) is 6.86. The van der Waals surface area contributed by atoms with Gasteiger partial charge in [0.15, 0.2) is 6.73 Å². The van der Waals surface area contributed by atoms with E-state index in [2.05, 4.69) is 38.4 Å². The third kappa shape index (κ3) is 3.35. The van der Waals surface area contributed by atoms with Gasteiger partial charge in [0.2, 0.25) is 6.23 Å². The maximum atomic E-state index is 6.03. The van der Waals surface area contributed by atoms with Crippen LogP contribution in [0.15, 0.2) is 65.0 Å². The number of fused-ring (bicyclic) bond motifs is 3. The van der Waals surface area contributed by atoms with Crippen molar-refractivity contribution in [2.24, 2.45) is 10.2 Å². The van der Waals surface area contributed by atoms with Gasteiger partial charge in [0.05, 0.1) is 24.0 Å². The number of aromatic nitrogens is 2. The van der Waals surface area contributed by atoms with Crippen LogP contribution in [0.4, 0.5) is 0 Å². The Bertz CT molecular complexity index is 1190. The number of ether oxygens (including phenoxy) is 3. The first kappa shape index (κ1) is 17.8. The fourth-order valence-electron chi connectivity index (χ4n) is 3.67. The number of benzene rings is 2. The van der Waals surface area contributed by atoms with Gasteiger partial charge in [0, 0.05) is 29.0 Å². The standard InChI is InChI=1S/C22H20N4O3/c1-27-12-17-20-16-9-15(28-11-14-5-3-2-4-6-14)7-8-18(16)25-19(20)10-23-21(17)22-26-24-13-29-22/h2-10,22,25H,11-13H2,1H3. The molecule has 1 atom stereocenters. The minimum absolute atomic E-state index is 0.252. The predicted octanol–water partition coefficient (Wildman–Crippen LogP) is 4.88. The molecule has 2 aromatic carbocycles. The summed E-state index contributed by atoms with van der Waals surface area (Å²) in [6.07, 6.45) is 1.32. The van der Waals surface area contributed by atoms with E-state index < -0.39 is 6.23 Å². The molecule has 0 radical (unpaired) electrons. The molecule has 0 saturated heterocycles. The van der Waals surface area contributed by atoms with Crippen molar-refractivity contribution in [3.63, 3.8) is 0 Å². The molecule has 0 aliphatic carbocycles. The summed E-state index contributed by atoms with van der Waals surface area (Å²) in [6, 6.07) is 16.2. The van der Waals surface area contributed by atoms with Crippen LogP contribution in [0, 0.1) is 0 Å². The van der Waals surface area contributed by atoms with Gasteiger partial charge in [-0.2, -0.15) is 10.2 Å². The van der Waals surface area contributed by atoms with Crippen molar-refractivity contribution >= 4 is 21.8 Å². The van der Waals surface area contributed by atoms with Crippen LogP contribution in [0.25, 0.3) is 21.8 Å². The molecule has 0 bridgehead atoms. The Balaban J connectivity index is 1.58. The summed E-state index contributed by atoms with van der Waals surface area (Å²) in [5.74, 6) is 0.806. The molecule has 7 nitrogen and oxygen atoms in total. The summed E-state index contributed by atoms with van der Waals surface area (Å²) >= 11 is 0. The topological polar surface area (TPSA) is 81.1 Å². The summed E-state index contributed by atoms with van der Waals surface area (Å²) in [6.45, 7) is 1.17. The largest absolute Gasteiger partial charge is 0.489 e. The third-order valence-electron chi connectivity index (χ3n) is 4.99. The molecular formula is C22H20N4O3. The zero-order chi connectivity index (χ0) is 19.6. The maximum Gasteiger partial charge on any atom is 0.213 e. The molecule has 0 spiro atoms. The van der Waals surface area contributed by atoms with Crippen molar-refractivity contribution in [1.29, 1.82) is 0 Å². The number of methoxy groups -OCH3 is 1. The highest BCUT2D eigenvalue weighted by Crippen LogP contribution is 2.36. The highest BCUT2D eigenvalue weighted by Gasteiger charge is 2.24. The molecule has 0 saturated carbocycles. The van der Waals surface area contributed by atoms with Crippen LogP contribution in [-0.2, 0) is 22.7 Å². The smallest absolute Gasteiger partial charge is 0.213 e. The number of H-pyrrole nitrogens is 1. The van der Waals surface area contributed by atoms with Gasteiger partial charge >= 0.3 is 0 Å². The normalized spacial score (nSPS) is 16.1. The van der Waals surface area contributed by atoms with Crippen molar-refractivity contribution < 1.29 is 14.2 Å². The van der Waals surface area contributed by atoms with Crippen molar-refractivity contribution in [1.82, 2.24) is 9.97 Å². The van der Waals surface area contributed by atoms with E-state index in [9.17, 15) is 0 Å². The summed E-state index contributed by atoms with van der Waals surface area (Å²) in [7, 11) is 1.67. The van der Waals surface area contributed by atoms with Gasteiger partial charge in [0.1, 0.15) is 12.4 Å². The lowest BCUT2D eigenvalue weighted by Crippen LogP contribution is -2.05. The quantitative estimate of drug-likeness (QED) is 0.510. The van der Waals surface area contributed by atoms with E-state index >= 15 is 0 Å². The molecule has 3 heterocycles. The first-order valence-electron chi connectivity index (χ1n) is 9.40. The number of hydrogen-bond acceptors (Lipinski definition) is 6. The van der Waals surface area contributed by atoms with E-state index in [1.165, 1.54) is 0 Å². The first-order valence-corrected chi connectivity index (χ1v) is 9.40. The molecule has 7 heteroatoms. The minimum atomic E-state index is -0.494. The predicted molar refractivity (Wildman–Crippen MR) is 109 cm³/mol. The molecule has 1 N–H and O–H groups in total. The van der Waals surface area contributed by atoms with Gasteiger partial charge in [-0.05, 0) is 23.8 Å². The molecule has 1 aliphatic rings. The van der Waals surface area contributed by atoms with E-state index in [-0.39, 0.29) is 6.73 Å².